The fourth-order valence-corrected chi connectivity index (χ4v) is 1.70. The second-order valence-corrected chi connectivity index (χ2v) is 3.97. The maximum Gasteiger partial charge on any atom is 0.123 e. The molecular formula is C11H14FN. The highest BCUT2D eigenvalue weighted by atomic mass is 19.1. The Hall–Kier alpha value is -0.890. The number of nitrogens with one attached hydrogen (secondary N) is 1. The second-order valence-electron chi connectivity index (χ2n) is 3.97. The van der Waals surface area contributed by atoms with Crippen LogP contribution in [0.3, 0.4) is 0 Å². The van der Waals surface area contributed by atoms with Crippen LogP contribution in [0.15, 0.2) is 24.3 Å². The Labute approximate surface area is 78.0 Å². The molecule has 0 spiro atoms. The lowest BCUT2D eigenvalue weighted by molar-refractivity contribution is 0.616. The maximum atomic E-state index is 12.6. The summed E-state index contributed by atoms with van der Waals surface area (Å²) in [6, 6.07) is 7.77. The molecule has 70 valence electrons. The fraction of sp³-hybridized carbons (Fsp3) is 0.455. The van der Waals surface area contributed by atoms with E-state index in [2.05, 4.69) is 19.2 Å². The average Bonchev–Trinajstić information content (AvgIpc) is 2.85. The van der Waals surface area contributed by atoms with Gasteiger partial charge in [0.1, 0.15) is 5.82 Å². The van der Waals surface area contributed by atoms with Crippen LogP contribution in [0.25, 0.3) is 0 Å². The van der Waals surface area contributed by atoms with Gasteiger partial charge < -0.3 is 5.32 Å². The van der Waals surface area contributed by atoms with Crippen LogP contribution in [0, 0.1) is 11.7 Å². The van der Waals surface area contributed by atoms with Crippen molar-refractivity contribution in [3.05, 3.63) is 35.6 Å². The van der Waals surface area contributed by atoms with Gasteiger partial charge in [-0.2, -0.15) is 0 Å². The van der Waals surface area contributed by atoms with E-state index in [-0.39, 0.29) is 5.82 Å². The Morgan fingerprint density at radius 2 is 1.85 bits per heavy atom. The molecule has 0 amide bonds. The molecule has 1 fully saturated rings. The van der Waals surface area contributed by atoms with Crippen molar-refractivity contribution in [2.75, 3.05) is 0 Å². The first kappa shape index (κ1) is 8.70. The Balaban J connectivity index is 2.08. The lowest BCUT2D eigenvalue weighted by Crippen LogP contribution is -2.00. The second kappa shape index (κ2) is 3.11. The molecule has 1 N–H and O–H groups in total. The molecule has 0 aliphatic carbocycles. The van der Waals surface area contributed by atoms with Gasteiger partial charge in [-0.3, -0.25) is 0 Å². The van der Waals surface area contributed by atoms with Crippen molar-refractivity contribution >= 4 is 0 Å². The molecule has 0 bridgehead atoms. The maximum absolute atomic E-state index is 12.6. The summed E-state index contributed by atoms with van der Waals surface area (Å²) in [5.74, 6) is 0.487. The van der Waals surface area contributed by atoms with E-state index in [4.69, 9.17) is 0 Å². The quantitative estimate of drug-likeness (QED) is 0.692. The van der Waals surface area contributed by atoms with Crippen molar-refractivity contribution in [3.8, 4) is 0 Å². The van der Waals surface area contributed by atoms with E-state index in [1.54, 1.807) is 0 Å². The topological polar surface area (TPSA) is 21.9 Å². The fourth-order valence-electron chi connectivity index (χ4n) is 1.70. The third kappa shape index (κ3) is 1.73. The highest BCUT2D eigenvalue weighted by molar-refractivity contribution is 5.27. The number of hydrogen-bond acceptors (Lipinski definition) is 1. The number of hydrogen-bond donors (Lipinski definition) is 1. The normalized spacial score (nSPS) is 26.5. The first-order valence-corrected chi connectivity index (χ1v) is 4.70. The van der Waals surface area contributed by atoms with Crippen LogP contribution in [0.1, 0.15) is 25.5 Å². The van der Waals surface area contributed by atoms with Crippen molar-refractivity contribution in [3.63, 3.8) is 0 Å². The summed E-state index contributed by atoms with van der Waals surface area (Å²) in [5.41, 5.74) is 1.19. The van der Waals surface area contributed by atoms with Crippen LogP contribution in [-0.2, 0) is 0 Å². The smallest absolute Gasteiger partial charge is 0.123 e. The van der Waals surface area contributed by atoms with E-state index in [0.717, 1.165) is 0 Å². The zero-order chi connectivity index (χ0) is 9.42. The molecular weight excluding hydrogens is 165 g/mol. The van der Waals surface area contributed by atoms with Crippen molar-refractivity contribution in [1.82, 2.24) is 5.32 Å². The predicted octanol–water partition coefficient (Wildman–Crippen LogP) is 2.49. The Morgan fingerprint density at radius 1 is 1.23 bits per heavy atom. The molecule has 1 aromatic rings. The molecule has 2 atom stereocenters. The highest BCUT2D eigenvalue weighted by Crippen LogP contribution is 2.34. The lowest BCUT2D eigenvalue weighted by Gasteiger charge is -2.00. The van der Waals surface area contributed by atoms with Gasteiger partial charge in [-0.05, 0) is 23.6 Å². The van der Waals surface area contributed by atoms with Gasteiger partial charge in [0, 0.05) is 12.1 Å². The van der Waals surface area contributed by atoms with Gasteiger partial charge in [0.2, 0.25) is 0 Å². The SMILES string of the molecule is CC(C)[C@@H]1N[C@@H]1c1ccc(F)cc1. The van der Waals surface area contributed by atoms with Crippen LogP contribution < -0.4 is 5.32 Å². The van der Waals surface area contributed by atoms with Gasteiger partial charge in [-0.25, -0.2) is 4.39 Å². The van der Waals surface area contributed by atoms with Crippen molar-refractivity contribution < 1.29 is 4.39 Å². The summed E-state index contributed by atoms with van der Waals surface area (Å²) in [6.45, 7) is 4.39. The van der Waals surface area contributed by atoms with Crippen LogP contribution in [0.2, 0.25) is 0 Å². The molecule has 0 unspecified atom stereocenters. The molecule has 0 aromatic heterocycles. The molecule has 1 heterocycles. The van der Waals surface area contributed by atoms with E-state index in [9.17, 15) is 4.39 Å². The van der Waals surface area contributed by atoms with Crippen molar-refractivity contribution in [2.45, 2.75) is 25.9 Å². The molecule has 0 radical (unpaired) electrons. The predicted molar refractivity (Wildman–Crippen MR) is 50.9 cm³/mol. The highest BCUT2D eigenvalue weighted by Gasteiger charge is 2.39. The minimum Gasteiger partial charge on any atom is -0.304 e. The van der Waals surface area contributed by atoms with Gasteiger partial charge in [-0.15, -0.1) is 0 Å². The summed E-state index contributed by atoms with van der Waals surface area (Å²) in [5, 5.41) is 3.38. The van der Waals surface area contributed by atoms with Crippen LogP contribution >= 0.6 is 0 Å². The van der Waals surface area contributed by atoms with E-state index in [0.29, 0.717) is 18.0 Å². The lowest BCUT2D eigenvalue weighted by atomic mass is 10.0. The Kier molecular flexibility index (Phi) is 2.08. The summed E-state index contributed by atoms with van der Waals surface area (Å²) in [6.07, 6.45) is 0. The number of rotatable bonds is 2. The summed E-state index contributed by atoms with van der Waals surface area (Å²) >= 11 is 0. The first-order valence-electron chi connectivity index (χ1n) is 4.70. The first-order chi connectivity index (χ1) is 6.18. The largest absolute Gasteiger partial charge is 0.304 e. The standard InChI is InChI=1S/C11H14FN/c1-7(2)10-11(13-10)8-3-5-9(12)6-4-8/h3-7,10-11,13H,1-2H3/t10-,11+/m0/s1. The minimum absolute atomic E-state index is 0.162. The van der Waals surface area contributed by atoms with Gasteiger partial charge in [0.05, 0.1) is 0 Å². The van der Waals surface area contributed by atoms with Gasteiger partial charge >= 0.3 is 0 Å². The summed E-state index contributed by atoms with van der Waals surface area (Å²) in [7, 11) is 0. The molecule has 1 aliphatic rings. The third-order valence-electron chi connectivity index (χ3n) is 2.57. The molecule has 1 nitrogen and oxygen atoms in total. The zero-order valence-electron chi connectivity index (χ0n) is 7.92. The summed E-state index contributed by atoms with van der Waals surface area (Å²) in [4.78, 5) is 0. The molecule has 1 saturated heterocycles. The van der Waals surface area contributed by atoms with Crippen molar-refractivity contribution in [2.24, 2.45) is 5.92 Å². The molecule has 1 aromatic carbocycles. The average molecular weight is 179 g/mol. The Morgan fingerprint density at radius 3 is 2.31 bits per heavy atom. The van der Waals surface area contributed by atoms with Crippen molar-refractivity contribution in [1.29, 1.82) is 0 Å². The molecule has 2 rings (SSSR count). The van der Waals surface area contributed by atoms with Crippen LogP contribution in [0.5, 0.6) is 0 Å². The van der Waals surface area contributed by atoms with Crippen LogP contribution in [0.4, 0.5) is 4.39 Å². The Bertz CT molecular complexity index is 291. The van der Waals surface area contributed by atoms with Gasteiger partial charge in [0.15, 0.2) is 0 Å². The number of halogens is 1. The van der Waals surface area contributed by atoms with E-state index >= 15 is 0 Å². The zero-order valence-corrected chi connectivity index (χ0v) is 7.92. The van der Waals surface area contributed by atoms with Gasteiger partial charge in [-0.1, -0.05) is 26.0 Å². The molecule has 13 heavy (non-hydrogen) atoms. The van der Waals surface area contributed by atoms with E-state index in [1.165, 1.54) is 17.7 Å². The molecule has 0 saturated carbocycles. The molecule has 2 heteroatoms. The number of benzene rings is 1. The molecule has 1 aliphatic heterocycles. The monoisotopic (exact) mass is 179 g/mol. The van der Waals surface area contributed by atoms with E-state index in [1.807, 2.05) is 12.1 Å². The minimum atomic E-state index is -0.162. The van der Waals surface area contributed by atoms with Gasteiger partial charge in [0.25, 0.3) is 0 Å². The third-order valence-corrected chi connectivity index (χ3v) is 2.57. The van der Waals surface area contributed by atoms with Crippen LogP contribution in [-0.4, -0.2) is 6.04 Å². The summed E-state index contributed by atoms with van der Waals surface area (Å²) < 4.78 is 12.6. The van der Waals surface area contributed by atoms with E-state index < -0.39 is 0 Å².